The van der Waals surface area contributed by atoms with Crippen LogP contribution in [0.5, 0.6) is 0 Å². The van der Waals surface area contributed by atoms with Gasteiger partial charge in [0.1, 0.15) is 0 Å². The second kappa shape index (κ2) is 7.19. The lowest BCUT2D eigenvalue weighted by molar-refractivity contribution is 0.0456. The minimum absolute atomic E-state index is 0.0460. The number of hydrogen-bond acceptors (Lipinski definition) is 6. The Morgan fingerprint density at radius 2 is 1.88 bits per heavy atom. The average molecular weight is 360 g/mol. The van der Waals surface area contributed by atoms with Gasteiger partial charge in [0.2, 0.25) is 0 Å². The van der Waals surface area contributed by atoms with Crippen LogP contribution in [0.4, 0.5) is 0 Å². The number of nitrogens with zero attached hydrogens (tertiary/aromatic N) is 6. The zero-order valence-electron chi connectivity index (χ0n) is 16.2. The molecule has 0 spiro atoms. The van der Waals surface area contributed by atoms with Gasteiger partial charge in [-0.3, -0.25) is 9.69 Å². The van der Waals surface area contributed by atoms with Gasteiger partial charge in [0.25, 0.3) is 5.91 Å². The predicted molar refractivity (Wildman–Crippen MR) is 96.6 cm³/mol. The average Bonchev–Trinajstić information content (AvgIpc) is 3.26. The van der Waals surface area contributed by atoms with E-state index in [0.717, 1.165) is 18.9 Å². The summed E-state index contributed by atoms with van der Waals surface area (Å²) in [5.41, 5.74) is -0.178. The molecule has 1 atom stereocenters. The number of piperazine rings is 1. The summed E-state index contributed by atoms with van der Waals surface area (Å²) >= 11 is 0. The first-order valence-electron chi connectivity index (χ1n) is 9.14. The minimum Gasteiger partial charge on any atom is -0.459 e. The molecule has 1 aliphatic rings. The van der Waals surface area contributed by atoms with E-state index < -0.39 is 0 Å². The standard InChI is InChI=1S/C18H28N6O2/c1-13(2)15(16-19-20-21-24(16)18(3,4)5)22-8-10-23(11-9-22)17(25)14-7-6-12-26-14/h6-7,12-13,15H,8-11H2,1-5H3. The largest absolute Gasteiger partial charge is 0.459 e. The Hall–Kier alpha value is -2.22. The van der Waals surface area contributed by atoms with Crippen molar-refractivity contribution >= 4 is 5.91 Å². The van der Waals surface area contributed by atoms with Crippen molar-refractivity contribution in [3.8, 4) is 0 Å². The van der Waals surface area contributed by atoms with Crippen LogP contribution in [-0.2, 0) is 5.54 Å². The van der Waals surface area contributed by atoms with Crippen molar-refractivity contribution in [1.82, 2.24) is 30.0 Å². The van der Waals surface area contributed by atoms with E-state index in [4.69, 9.17) is 4.42 Å². The maximum Gasteiger partial charge on any atom is 0.289 e. The summed E-state index contributed by atoms with van der Waals surface area (Å²) in [6.45, 7) is 13.6. The molecule has 3 heterocycles. The fourth-order valence-electron chi connectivity index (χ4n) is 3.50. The molecule has 0 aliphatic carbocycles. The Morgan fingerprint density at radius 3 is 2.42 bits per heavy atom. The number of carbonyl (C=O) groups excluding carboxylic acids is 1. The van der Waals surface area contributed by atoms with E-state index in [1.165, 1.54) is 6.26 Å². The van der Waals surface area contributed by atoms with Gasteiger partial charge in [-0.05, 0) is 49.2 Å². The van der Waals surface area contributed by atoms with Gasteiger partial charge in [0.05, 0.1) is 17.8 Å². The number of amides is 1. The highest BCUT2D eigenvalue weighted by Crippen LogP contribution is 2.30. The smallest absolute Gasteiger partial charge is 0.289 e. The molecular formula is C18H28N6O2. The van der Waals surface area contributed by atoms with Crippen molar-refractivity contribution in [2.75, 3.05) is 26.2 Å². The SMILES string of the molecule is CC(C)C(c1nnnn1C(C)(C)C)N1CCN(C(=O)c2ccco2)CC1. The van der Waals surface area contributed by atoms with Gasteiger partial charge >= 0.3 is 0 Å². The van der Waals surface area contributed by atoms with Gasteiger partial charge in [-0.25, -0.2) is 4.68 Å². The van der Waals surface area contributed by atoms with Gasteiger partial charge in [-0.2, -0.15) is 0 Å². The first kappa shape index (κ1) is 18.6. The lowest BCUT2D eigenvalue weighted by atomic mass is 9.99. The summed E-state index contributed by atoms with van der Waals surface area (Å²) in [6, 6.07) is 3.57. The molecule has 1 fully saturated rings. The molecule has 142 valence electrons. The highest BCUT2D eigenvalue weighted by molar-refractivity contribution is 5.91. The highest BCUT2D eigenvalue weighted by atomic mass is 16.3. The van der Waals surface area contributed by atoms with Gasteiger partial charge in [0.15, 0.2) is 11.6 Å². The molecule has 2 aromatic heterocycles. The van der Waals surface area contributed by atoms with Crippen molar-refractivity contribution in [2.45, 2.75) is 46.2 Å². The van der Waals surface area contributed by atoms with Crippen LogP contribution < -0.4 is 0 Å². The molecule has 8 nitrogen and oxygen atoms in total. The van der Waals surface area contributed by atoms with Gasteiger partial charge in [-0.15, -0.1) is 5.10 Å². The molecule has 0 radical (unpaired) electrons. The molecule has 0 aromatic carbocycles. The van der Waals surface area contributed by atoms with Crippen LogP contribution in [0.1, 0.15) is 57.0 Å². The van der Waals surface area contributed by atoms with Crippen LogP contribution >= 0.6 is 0 Å². The van der Waals surface area contributed by atoms with E-state index in [2.05, 4.69) is 55.0 Å². The lowest BCUT2D eigenvalue weighted by Crippen LogP contribution is -2.51. The molecular weight excluding hydrogens is 332 g/mol. The zero-order chi connectivity index (χ0) is 18.9. The van der Waals surface area contributed by atoms with Crippen molar-refractivity contribution in [2.24, 2.45) is 5.92 Å². The summed E-state index contributed by atoms with van der Waals surface area (Å²) in [7, 11) is 0. The van der Waals surface area contributed by atoms with E-state index in [0.29, 0.717) is 24.8 Å². The summed E-state index contributed by atoms with van der Waals surface area (Å²) in [4.78, 5) is 16.7. The zero-order valence-corrected chi connectivity index (χ0v) is 16.2. The second-order valence-electron chi connectivity index (χ2n) is 8.11. The number of rotatable bonds is 4. The molecule has 1 saturated heterocycles. The van der Waals surface area contributed by atoms with Crippen molar-refractivity contribution in [3.05, 3.63) is 30.0 Å². The van der Waals surface area contributed by atoms with E-state index in [9.17, 15) is 4.79 Å². The van der Waals surface area contributed by atoms with Crippen LogP contribution in [0, 0.1) is 5.92 Å². The third kappa shape index (κ3) is 3.65. The highest BCUT2D eigenvalue weighted by Gasteiger charge is 2.34. The van der Waals surface area contributed by atoms with Gasteiger partial charge in [0, 0.05) is 26.2 Å². The Bertz CT molecular complexity index is 723. The third-order valence-corrected chi connectivity index (χ3v) is 4.75. The summed E-state index contributed by atoms with van der Waals surface area (Å²) in [5.74, 6) is 1.60. The molecule has 1 unspecified atom stereocenters. The number of carbonyl (C=O) groups is 1. The lowest BCUT2D eigenvalue weighted by Gasteiger charge is -2.40. The predicted octanol–water partition coefficient (Wildman–Crippen LogP) is 2.18. The molecule has 0 bridgehead atoms. The second-order valence-corrected chi connectivity index (χ2v) is 8.11. The van der Waals surface area contributed by atoms with Crippen molar-refractivity contribution in [1.29, 1.82) is 0 Å². The third-order valence-electron chi connectivity index (χ3n) is 4.75. The fourth-order valence-corrected chi connectivity index (χ4v) is 3.50. The molecule has 2 aromatic rings. The van der Waals surface area contributed by atoms with Gasteiger partial charge in [-0.1, -0.05) is 13.8 Å². The Morgan fingerprint density at radius 1 is 1.19 bits per heavy atom. The Kier molecular flexibility index (Phi) is 5.13. The molecule has 1 aliphatic heterocycles. The van der Waals surface area contributed by atoms with E-state index in [1.54, 1.807) is 12.1 Å². The number of furan rings is 1. The molecule has 0 saturated carbocycles. The summed E-state index contributed by atoms with van der Waals surface area (Å²) in [6.07, 6.45) is 1.53. The van der Waals surface area contributed by atoms with Crippen LogP contribution in [0.25, 0.3) is 0 Å². The number of tetrazole rings is 1. The van der Waals surface area contributed by atoms with Crippen LogP contribution in [-0.4, -0.2) is 62.1 Å². The first-order valence-corrected chi connectivity index (χ1v) is 9.14. The monoisotopic (exact) mass is 360 g/mol. The van der Waals surface area contributed by atoms with E-state index >= 15 is 0 Å². The normalized spacial score (nSPS) is 17.7. The van der Waals surface area contributed by atoms with E-state index in [-0.39, 0.29) is 17.5 Å². The van der Waals surface area contributed by atoms with Crippen molar-refractivity contribution in [3.63, 3.8) is 0 Å². The molecule has 3 rings (SSSR count). The molecule has 26 heavy (non-hydrogen) atoms. The number of aromatic nitrogens is 4. The number of hydrogen-bond donors (Lipinski definition) is 0. The Labute approximate surface area is 154 Å². The molecule has 1 amide bonds. The van der Waals surface area contributed by atoms with Crippen molar-refractivity contribution < 1.29 is 9.21 Å². The first-order chi connectivity index (χ1) is 12.3. The molecule has 0 N–H and O–H groups in total. The molecule has 8 heteroatoms. The van der Waals surface area contributed by atoms with E-state index in [1.807, 2.05) is 9.58 Å². The quantitative estimate of drug-likeness (QED) is 0.831. The maximum atomic E-state index is 12.5. The Balaban J connectivity index is 1.74. The van der Waals surface area contributed by atoms with Gasteiger partial charge < -0.3 is 9.32 Å². The van der Waals surface area contributed by atoms with Crippen LogP contribution in [0.3, 0.4) is 0 Å². The topological polar surface area (TPSA) is 80.3 Å². The maximum absolute atomic E-state index is 12.5. The summed E-state index contributed by atoms with van der Waals surface area (Å²) in [5, 5.41) is 12.5. The summed E-state index contributed by atoms with van der Waals surface area (Å²) < 4.78 is 7.15. The minimum atomic E-state index is -0.178. The van der Waals surface area contributed by atoms with Crippen LogP contribution in [0.15, 0.2) is 22.8 Å². The fraction of sp³-hybridized carbons (Fsp3) is 0.667. The van der Waals surface area contributed by atoms with Crippen LogP contribution in [0.2, 0.25) is 0 Å².